The topological polar surface area (TPSA) is 74.8 Å². The number of sulfone groups is 1. The molecule has 2 fully saturated rings. The molecule has 3 rings (SSSR count). The van der Waals surface area contributed by atoms with E-state index in [4.69, 9.17) is 12.2 Å². The van der Waals surface area contributed by atoms with Gasteiger partial charge in [-0.05, 0) is 18.1 Å². The summed E-state index contributed by atoms with van der Waals surface area (Å²) in [4.78, 5) is 28.3. The van der Waals surface area contributed by atoms with Crippen LogP contribution in [0, 0.1) is 0 Å². The van der Waals surface area contributed by atoms with Gasteiger partial charge < -0.3 is 4.90 Å². The lowest BCUT2D eigenvalue weighted by Gasteiger charge is -2.25. The van der Waals surface area contributed by atoms with Gasteiger partial charge in [-0.1, -0.05) is 54.3 Å². The molecule has 2 amide bonds. The number of thiocarbonyl (C=S) groups is 1. The number of benzene rings is 1. The van der Waals surface area contributed by atoms with Crippen molar-refractivity contribution in [2.45, 2.75) is 12.5 Å². The first kappa shape index (κ1) is 19.1. The maximum atomic E-state index is 12.6. The molecule has 0 bridgehead atoms. The lowest BCUT2D eigenvalue weighted by atomic mass is 10.2. The monoisotopic (exact) mass is 410 g/mol. The fraction of sp³-hybridized carbons (Fsp3) is 0.353. The number of nitrogens with zero attached hydrogens (tertiary/aromatic N) is 2. The number of hydrogen-bond donors (Lipinski definition) is 0. The van der Waals surface area contributed by atoms with Gasteiger partial charge in [-0.3, -0.25) is 14.5 Å². The number of rotatable bonds is 4. The van der Waals surface area contributed by atoms with E-state index in [0.717, 1.165) is 17.3 Å². The molecule has 0 saturated carbocycles. The fourth-order valence-electron chi connectivity index (χ4n) is 2.87. The van der Waals surface area contributed by atoms with Crippen LogP contribution in [0.2, 0.25) is 0 Å². The number of likely N-dealkylation sites (N-methyl/N-ethyl adjacent to an activating group) is 1. The van der Waals surface area contributed by atoms with Crippen molar-refractivity contribution in [2.24, 2.45) is 0 Å². The molecule has 1 unspecified atom stereocenters. The van der Waals surface area contributed by atoms with E-state index in [9.17, 15) is 18.0 Å². The van der Waals surface area contributed by atoms with Crippen LogP contribution in [0.1, 0.15) is 12.0 Å². The van der Waals surface area contributed by atoms with E-state index in [0.29, 0.717) is 15.6 Å². The lowest BCUT2D eigenvalue weighted by Crippen LogP contribution is -2.45. The van der Waals surface area contributed by atoms with E-state index in [1.165, 1.54) is 9.80 Å². The Hall–Kier alpha value is -1.71. The van der Waals surface area contributed by atoms with E-state index in [2.05, 4.69) is 0 Å². The smallest absolute Gasteiger partial charge is 0.266 e. The van der Waals surface area contributed by atoms with Gasteiger partial charge in [-0.25, -0.2) is 8.42 Å². The fourth-order valence-corrected chi connectivity index (χ4v) is 5.90. The molecule has 0 radical (unpaired) electrons. The third-order valence-electron chi connectivity index (χ3n) is 4.41. The molecule has 0 aliphatic carbocycles. The molecule has 0 N–H and O–H groups in total. The average Bonchev–Trinajstić information content (AvgIpc) is 3.09. The molecule has 2 aliphatic rings. The van der Waals surface area contributed by atoms with Crippen molar-refractivity contribution in [1.29, 1.82) is 0 Å². The summed E-state index contributed by atoms with van der Waals surface area (Å²) < 4.78 is 23.5. The minimum atomic E-state index is -3.08. The van der Waals surface area contributed by atoms with Gasteiger partial charge in [0, 0.05) is 13.1 Å². The Labute approximate surface area is 162 Å². The summed E-state index contributed by atoms with van der Waals surface area (Å²) in [6.07, 6.45) is 2.17. The Morgan fingerprint density at radius 1 is 1.38 bits per heavy atom. The summed E-state index contributed by atoms with van der Waals surface area (Å²) >= 11 is 6.41. The maximum Gasteiger partial charge on any atom is 0.266 e. The Morgan fingerprint density at radius 2 is 2.08 bits per heavy atom. The molecule has 9 heteroatoms. The molecular weight excluding hydrogens is 392 g/mol. The third kappa shape index (κ3) is 4.16. The quantitative estimate of drug-likeness (QED) is 0.554. The van der Waals surface area contributed by atoms with Crippen LogP contribution in [-0.2, 0) is 19.4 Å². The van der Waals surface area contributed by atoms with Gasteiger partial charge in [0.05, 0.1) is 16.4 Å². The molecule has 0 aromatic heterocycles. The number of carbonyl (C=O) groups is 2. The number of amides is 2. The number of hydrogen-bond acceptors (Lipinski definition) is 6. The normalized spacial score (nSPS) is 23.7. The first-order valence-corrected chi connectivity index (χ1v) is 11.1. The lowest BCUT2D eigenvalue weighted by molar-refractivity contribution is -0.135. The zero-order valence-electron chi connectivity index (χ0n) is 14.1. The van der Waals surface area contributed by atoms with Crippen molar-refractivity contribution < 1.29 is 18.0 Å². The highest BCUT2D eigenvalue weighted by molar-refractivity contribution is 8.26. The van der Waals surface area contributed by atoms with Crippen molar-refractivity contribution in [1.82, 2.24) is 9.80 Å². The highest BCUT2D eigenvalue weighted by Crippen LogP contribution is 2.32. The molecule has 2 saturated heterocycles. The van der Waals surface area contributed by atoms with Crippen LogP contribution in [0.25, 0.3) is 6.08 Å². The predicted molar refractivity (Wildman–Crippen MR) is 106 cm³/mol. The Morgan fingerprint density at radius 3 is 2.69 bits per heavy atom. The molecule has 2 heterocycles. The van der Waals surface area contributed by atoms with Gasteiger partial charge in [-0.15, -0.1) is 0 Å². The summed E-state index contributed by atoms with van der Waals surface area (Å²) in [5.74, 6) is -0.549. The molecular formula is C17H18N2O4S3. The van der Waals surface area contributed by atoms with Crippen molar-refractivity contribution in [3.63, 3.8) is 0 Å². The minimum absolute atomic E-state index is 0.0262. The van der Waals surface area contributed by atoms with Crippen LogP contribution in [0.5, 0.6) is 0 Å². The summed E-state index contributed by atoms with van der Waals surface area (Å²) in [7, 11) is -1.50. The van der Waals surface area contributed by atoms with E-state index >= 15 is 0 Å². The zero-order valence-corrected chi connectivity index (χ0v) is 16.6. The Balaban J connectivity index is 1.68. The second-order valence-corrected chi connectivity index (χ2v) is 10.1. The highest BCUT2D eigenvalue weighted by atomic mass is 32.2. The van der Waals surface area contributed by atoms with E-state index in [-0.39, 0.29) is 35.9 Å². The van der Waals surface area contributed by atoms with Crippen molar-refractivity contribution >= 4 is 56.0 Å². The van der Waals surface area contributed by atoms with Crippen molar-refractivity contribution in [3.05, 3.63) is 40.8 Å². The van der Waals surface area contributed by atoms with E-state index in [1.807, 2.05) is 30.3 Å². The molecule has 138 valence electrons. The third-order valence-corrected chi connectivity index (χ3v) is 7.54. The van der Waals surface area contributed by atoms with Gasteiger partial charge >= 0.3 is 0 Å². The first-order chi connectivity index (χ1) is 12.3. The van der Waals surface area contributed by atoms with Crippen molar-refractivity contribution in [3.8, 4) is 0 Å². The summed E-state index contributed by atoms with van der Waals surface area (Å²) in [6, 6.07) is 9.06. The maximum absolute atomic E-state index is 12.6. The van der Waals surface area contributed by atoms with Crippen molar-refractivity contribution in [2.75, 3.05) is 25.1 Å². The molecule has 1 atom stereocenters. The minimum Gasteiger partial charge on any atom is -0.340 e. The first-order valence-electron chi connectivity index (χ1n) is 8.03. The van der Waals surface area contributed by atoms with Crippen LogP contribution in [-0.4, -0.2) is 65.5 Å². The Kier molecular flexibility index (Phi) is 5.50. The van der Waals surface area contributed by atoms with Crippen LogP contribution < -0.4 is 0 Å². The highest BCUT2D eigenvalue weighted by Gasteiger charge is 2.37. The van der Waals surface area contributed by atoms with E-state index < -0.39 is 9.84 Å². The van der Waals surface area contributed by atoms with Crippen LogP contribution >= 0.6 is 24.0 Å². The number of carbonyl (C=O) groups excluding carboxylic acids is 2. The van der Waals surface area contributed by atoms with Gasteiger partial charge in [0.1, 0.15) is 10.9 Å². The largest absolute Gasteiger partial charge is 0.340 e. The van der Waals surface area contributed by atoms with Crippen LogP contribution in [0.3, 0.4) is 0 Å². The van der Waals surface area contributed by atoms with Crippen LogP contribution in [0.15, 0.2) is 35.2 Å². The van der Waals surface area contributed by atoms with Gasteiger partial charge in [0.25, 0.3) is 5.91 Å². The molecule has 1 aromatic rings. The molecule has 6 nitrogen and oxygen atoms in total. The van der Waals surface area contributed by atoms with Crippen LogP contribution in [0.4, 0.5) is 0 Å². The Bertz CT molecular complexity index is 881. The molecule has 1 aromatic carbocycles. The summed E-state index contributed by atoms with van der Waals surface area (Å²) in [5.41, 5.74) is 0.882. The van der Waals surface area contributed by atoms with Gasteiger partial charge in [0.2, 0.25) is 5.91 Å². The van der Waals surface area contributed by atoms with Gasteiger partial charge in [-0.2, -0.15) is 0 Å². The SMILES string of the molecule is CN(C(=O)CN1C(=O)C(=Cc2ccccc2)SC1=S)C1CCS(=O)(=O)C1. The second kappa shape index (κ2) is 7.50. The zero-order chi connectivity index (χ0) is 18.9. The van der Waals surface area contributed by atoms with Gasteiger partial charge in [0.15, 0.2) is 9.84 Å². The molecule has 26 heavy (non-hydrogen) atoms. The standard InChI is InChI=1S/C17H18N2O4S3/c1-18(13-7-8-26(22,23)11-13)15(20)10-19-16(21)14(25-17(19)24)9-12-5-3-2-4-6-12/h2-6,9,13H,7-8,10-11H2,1H3. The summed E-state index contributed by atoms with van der Waals surface area (Å²) in [6.45, 7) is -0.177. The number of thioether (sulfide) groups is 1. The second-order valence-electron chi connectivity index (χ2n) is 6.24. The average molecular weight is 411 g/mol. The van der Waals surface area contributed by atoms with E-state index in [1.54, 1.807) is 13.1 Å². The predicted octanol–water partition coefficient (Wildman–Crippen LogP) is 1.53. The molecule has 2 aliphatic heterocycles. The molecule has 0 spiro atoms. The summed E-state index contributed by atoms with van der Waals surface area (Å²) in [5, 5.41) is 0.